The number of halogens is 2. The lowest BCUT2D eigenvalue weighted by atomic mass is 9.94. The first-order valence-corrected chi connectivity index (χ1v) is 6.49. The Balaban J connectivity index is 0.00000289. The molecule has 1 rings (SSSR count). The van der Waals surface area contributed by atoms with Crippen molar-refractivity contribution >= 4 is 24.0 Å². The minimum Gasteiger partial charge on any atom is -0.495 e. The van der Waals surface area contributed by atoms with Gasteiger partial charge in [-0.3, -0.25) is 0 Å². The SMILES string of the molecule is CCC(C)c1cc(Cl)c(OC)c(CC(C)N)c1.Cl. The van der Waals surface area contributed by atoms with Crippen molar-refractivity contribution in [1.82, 2.24) is 0 Å². The molecule has 0 aromatic heterocycles. The molecule has 18 heavy (non-hydrogen) atoms. The second kappa shape index (κ2) is 7.88. The zero-order valence-corrected chi connectivity index (χ0v) is 13.1. The summed E-state index contributed by atoms with van der Waals surface area (Å²) < 4.78 is 5.36. The molecule has 0 radical (unpaired) electrons. The van der Waals surface area contributed by atoms with Crippen LogP contribution in [0.15, 0.2) is 12.1 Å². The molecule has 0 saturated heterocycles. The third-order valence-electron chi connectivity index (χ3n) is 3.07. The number of hydrogen-bond donors (Lipinski definition) is 1. The third kappa shape index (κ3) is 4.34. The average molecular weight is 292 g/mol. The second-order valence-electron chi connectivity index (χ2n) is 4.69. The molecule has 1 aromatic rings. The summed E-state index contributed by atoms with van der Waals surface area (Å²) in [5, 5.41) is 0.681. The van der Waals surface area contributed by atoms with Crippen LogP contribution in [-0.2, 0) is 6.42 Å². The van der Waals surface area contributed by atoms with Crippen LogP contribution in [0.4, 0.5) is 0 Å². The van der Waals surface area contributed by atoms with Gasteiger partial charge in [0.1, 0.15) is 5.75 Å². The quantitative estimate of drug-likeness (QED) is 0.883. The van der Waals surface area contributed by atoms with E-state index >= 15 is 0 Å². The Morgan fingerprint density at radius 2 is 1.94 bits per heavy atom. The Kier molecular flexibility index (Phi) is 7.69. The van der Waals surface area contributed by atoms with Gasteiger partial charge in [-0.05, 0) is 42.9 Å². The van der Waals surface area contributed by atoms with Gasteiger partial charge in [-0.15, -0.1) is 12.4 Å². The molecule has 0 amide bonds. The largest absolute Gasteiger partial charge is 0.495 e. The van der Waals surface area contributed by atoms with E-state index in [1.165, 1.54) is 5.56 Å². The number of methoxy groups -OCH3 is 1. The Hall–Kier alpha value is -0.440. The normalized spacial score (nSPS) is 13.7. The van der Waals surface area contributed by atoms with Gasteiger partial charge in [0.15, 0.2) is 0 Å². The Bertz CT molecular complexity index is 380. The third-order valence-corrected chi connectivity index (χ3v) is 3.35. The molecule has 0 aliphatic carbocycles. The lowest BCUT2D eigenvalue weighted by Gasteiger charge is -2.17. The van der Waals surface area contributed by atoms with Gasteiger partial charge in [-0.2, -0.15) is 0 Å². The number of rotatable bonds is 5. The van der Waals surface area contributed by atoms with E-state index in [0.29, 0.717) is 10.9 Å². The van der Waals surface area contributed by atoms with Gasteiger partial charge in [0.05, 0.1) is 12.1 Å². The van der Waals surface area contributed by atoms with E-state index in [-0.39, 0.29) is 18.4 Å². The molecule has 0 heterocycles. The first-order chi connectivity index (χ1) is 7.99. The summed E-state index contributed by atoms with van der Waals surface area (Å²) in [5.74, 6) is 1.27. The average Bonchev–Trinajstić information content (AvgIpc) is 2.26. The van der Waals surface area contributed by atoms with E-state index in [9.17, 15) is 0 Å². The summed E-state index contributed by atoms with van der Waals surface area (Å²) in [4.78, 5) is 0. The summed E-state index contributed by atoms with van der Waals surface area (Å²) in [6.45, 7) is 6.37. The highest BCUT2D eigenvalue weighted by Gasteiger charge is 2.14. The van der Waals surface area contributed by atoms with E-state index in [1.807, 2.05) is 13.0 Å². The lowest BCUT2D eigenvalue weighted by Crippen LogP contribution is -2.18. The molecule has 0 fully saturated rings. The monoisotopic (exact) mass is 291 g/mol. The Labute approximate surface area is 121 Å². The van der Waals surface area contributed by atoms with Crippen molar-refractivity contribution in [1.29, 1.82) is 0 Å². The van der Waals surface area contributed by atoms with Gasteiger partial charge in [0.25, 0.3) is 0 Å². The van der Waals surface area contributed by atoms with Crippen molar-refractivity contribution in [2.24, 2.45) is 5.73 Å². The first kappa shape index (κ1) is 17.6. The van der Waals surface area contributed by atoms with E-state index in [1.54, 1.807) is 7.11 Å². The smallest absolute Gasteiger partial charge is 0.140 e. The molecule has 0 aliphatic heterocycles. The molecule has 2 unspecified atom stereocenters. The molecule has 0 bridgehead atoms. The minimum absolute atomic E-state index is 0. The summed E-state index contributed by atoms with van der Waals surface area (Å²) in [7, 11) is 1.65. The van der Waals surface area contributed by atoms with E-state index in [2.05, 4.69) is 19.9 Å². The molecular formula is C14H23Cl2NO. The van der Waals surface area contributed by atoms with E-state index in [4.69, 9.17) is 22.1 Å². The van der Waals surface area contributed by atoms with Gasteiger partial charge in [0.2, 0.25) is 0 Å². The highest BCUT2D eigenvalue weighted by Crippen LogP contribution is 2.34. The zero-order chi connectivity index (χ0) is 13.0. The van der Waals surface area contributed by atoms with Crippen LogP contribution in [0.5, 0.6) is 5.75 Å². The molecule has 0 spiro atoms. The number of nitrogens with two attached hydrogens (primary N) is 1. The van der Waals surface area contributed by atoms with Crippen LogP contribution in [0.1, 0.15) is 44.2 Å². The summed E-state index contributed by atoms with van der Waals surface area (Å²) in [5.41, 5.74) is 8.22. The van der Waals surface area contributed by atoms with E-state index in [0.717, 1.165) is 24.2 Å². The molecule has 0 saturated carbocycles. The minimum atomic E-state index is 0. The number of benzene rings is 1. The van der Waals surface area contributed by atoms with Gasteiger partial charge < -0.3 is 10.5 Å². The van der Waals surface area contributed by atoms with Crippen LogP contribution in [0, 0.1) is 0 Å². The number of hydrogen-bond acceptors (Lipinski definition) is 2. The Morgan fingerprint density at radius 3 is 2.39 bits per heavy atom. The van der Waals surface area contributed by atoms with Gasteiger partial charge in [0, 0.05) is 6.04 Å². The highest BCUT2D eigenvalue weighted by atomic mass is 35.5. The van der Waals surface area contributed by atoms with Crippen LogP contribution < -0.4 is 10.5 Å². The molecule has 1 aromatic carbocycles. The molecule has 0 aliphatic rings. The van der Waals surface area contributed by atoms with Crippen LogP contribution in [0.25, 0.3) is 0 Å². The maximum atomic E-state index is 6.25. The van der Waals surface area contributed by atoms with Crippen LogP contribution >= 0.6 is 24.0 Å². The summed E-state index contributed by atoms with van der Waals surface area (Å²) >= 11 is 6.25. The van der Waals surface area contributed by atoms with Crippen molar-refractivity contribution in [3.63, 3.8) is 0 Å². The van der Waals surface area contributed by atoms with Crippen LogP contribution in [0.2, 0.25) is 5.02 Å². The van der Waals surface area contributed by atoms with Gasteiger partial charge in [-0.25, -0.2) is 0 Å². The fraction of sp³-hybridized carbons (Fsp3) is 0.571. The highest BCUT2D eigenvalue weighted by molar-refractivity contribution is 6.32. The van der Waals surface area contributed by atoms with Crippen molar-refractivity contribution in [2.75, 3.05) is 7.11 Å². The number of ether oxygens (including phenoxy) is 1. The predicted molar refractivity (Wildman–Crippen MR) is 81.3 cm³/mol. The molecule has 2 atom stereocenters. The predicted octanol–water partition coefficient (Wildman–Crippen LogP) is 4.17. The fourth-order valence-electron chi connectivity index (χ4n) is 1.92. The van der Waals surface area contributed by atoms with Crippen molar-refractivity contribution in [3.8, 4) is 5.75 Å². The molecule has 2 nitrogen and oxygen atoms in total. The van der Waals surface area contributed by atoms with Crippen molar-refractivity contribution < 1.29 is 4.74 Å². The van der Waals surface area contributed by atoms with Crippen LogP contribution in [0.3, 0.4) is 0 Å². The van der Waals surface area contributed by atoms with Crippen molar-refractivity contribution in [2.45, 2.75) is 45.6 Å². The van der Waals surface area contributed by atoms with Crippen molar-refractivity contribution in [3.05, 3.63) is 28.3 Å². The topological polar surface area (TPSA) is 35.2 Å². The van der Waals surface area contributed by atoms with Gasteiger partial charge in [-0.1, -0.05) is 31.5 Å². The molecular weight excluding hydrogens is 269 g/mol. The maximum Gasteiger partial charge on any atom is 0.140 e. The lowest BCUT2D eigenvalue weighted by molar-refractivity contribution is 0.408. The molecule has 4 heteroatoms. The second-order valence-corrected chi connectivity index (χ2v) is 5.09. The molecule has 104 valence electrons. The van der Waals surface area contributed by atoms with Gasteiger partial charge >= 0.3 is 0 Å². The fourth-order valence-corrected chi connectivity index (χ4v) is 2.25. The maximum absolute atomic E-state index is 6.25. The summed E-state index contributed by atoms with van der Waals surface area (Å²) in [6, 6.07) is 4.27. The zero-order valence-electron chi connectivity index (χ0n) is 11.5. The first-order valence-electron chi connectivity index (χ1n) is 6.11. The molecule has 2 N–H and O–H groups in total. The standard InChI is InChI=1S/C14H22ClNO.ClH/c1-5-9(2)11-7-12(6-10(3)16)14(17-4)13(15)8-11;/h7-10H,5-6,16H2,1-4H3;1H. The summed E-state index contributed by atoms with van der Waals surface area (Å²) in [6.07, 6.45) is 1.88. The van der Waals surface area contributed by atoms with Crippen LogP contribution in [-0.4, -0.2) is 13.2 Å². The Morgan fingerprint density at radius 1 is 1.33 bits per heavy atom. The van der Waals surface area contributed by atoms with E-state index < -0.39 is 0 Å².